The number of benzene rings is 1. The highest BCUT2D eigenvalue weighted by Gasteiger charge is 2.06. The number of hydrogen-bond acceptors (Lipinski definition) is 3. The summed E-state index contributed by atoms with van der Waals surface area (Å²) in [5.74, 6) is -0.519. The van der Waals surface area contributed by atoms with Crippen LogP contribution in [0.5, 0.6) is 5.75 Å². The number of rotatable bonds is 5. The molecule has 0 bridgehead atoms. The normalized spacial score (nSPS) is 11.1. The summed E-state index contributed by atoms with van der Waals surface area (Å²) in [7, 11) is 0. The van der Waals surface area contributed by atoms with E-state index in [4.69, 9.17) is 14.9 Å². The van der Waals surface area contributed by atoms with E-state index >= 15 is 0 Å². The molecule has 0 aliphatic rings. The number of aliphatic carboxylic acids is 1. The molecule has 4 heteroatoms. The second kappa shape index (κ2) is 5.82. The number of aliphatic hydroxyl groups excluding tert-OH is 1. The van der Waals surface area contributed by atoms with Gasteiger partial charge in [0.15, 0.2) is 0 Å². The first-order valence-corrected chi connectivity index (χ1v) is 4.49. The number of para-hydroxylation sites is 1. The van der Waals surface area contributed by atoms with Gasteiger partial charge in [-0.2, -0.15) is 0 Å². The molecule has 15 heavy (non-hydrogen) atoms. The summed E-state index contributed by atoms with van der Waals surface area (Å²) < 4.78 is 5.13. The molecular weight excluding hydrogens is 196 g/mol. The summed E-state index contributed by atoms with van der Waals surface area (Å²) in [6.07, 6.45) is 1.22. The molecule has 0 amide bonds. The maximum absolute atomic E-state index is 10.7. The first-order valence-electron chi connectivity index (χ1n) is 4.49. The Morgan fingerprint density at radius 3 is 2.53 bits per heavy atom. The van der Waals surface area contributed by atoms with Crippen LogP contribution in [0.3, 0.4) is 0 Å². The molecule has 0 fully saturated rings. The van der Waals surface area contributed by atoms with Gasteiger partial charge in [0.1, 0.15) is 12.0 Å². The Hall–Kier alpha value is -1.81. The van der Waals surface area contributed by atoms with Crippen molar-refractivity contribution >= 4 is 5.97 Å². The Kier molecular flexibility index (Phi) is 4.37. The highest BCUT2D eigenvalue weighted by atomic mass is 16.5. The molecule has 0 atom stereocenters. The van der Waals surface area contributed by atoms with Crippen LogP contribution in [-0.2, 0) is 4.79 Å². The molecule has 0 aliphatic heterocycles. The summed E-state index contributed by atoms with van der Waals surface area (Å²) in [4.78, 5) is 10.7. The molecule has 0 heterocycles. The minimum absolute atomic E-state index is 0.0429. The van der Waals surface area contributed by atoms with Crippen molar-refractivity contribution in [2.24, 2.45) is 0 Å². The smallest absolute Gasteiger partial charge is 0.334 e. The fourth-order valence-corrected chi connectivity index (χ4v) is 0.975. The standard InChI is InChI=1S/C11H12O4/c12-7-6-9(11(13)14)8-15-10-4-2-1-3-5-10/h1-5,8,12H,6-7H2,(H,13,14). The van der Waals surface area contributed by atoms with Crippen LogP contribution in [0.1, 0.15) is 6.42 Å². The largest absolute Gasteiger partial charge is 0.478 e. The summed E-state index contributed by atoms with van der Waals surface area (Å²) in [5, 5.41) is 17.3. The lowest BCUT2D eigenvalue weighted by molar-refractivity contribution is -0.133. The van der Waals surface area contributed by atoms with E-state index in [1.165, 1.54) is 0 Å². The molecule has 4 nitrogen and oxygen atoms in total. The van der Waals surface area contributed by atoms with E-state index in [0.29, 0.717) is 5.75 Å². The molecule has 1 rings (SSSR count). The van der Waals surface area contributed by atoms with Gasteiger partial charge < -0.3 is 14.9 Å². The second-order valence-corrected chi connectivity index (χ2v) is 2.85. The van der Waals surface area contributed by atoms with Gasteiger partial charge in [0.05, 0.1) is 5.57 Å². The lowest BCUT2D eigenvalue weighted by Crippen LogP contribution is -2.04. The van der Waals surface area contributed by atoms with Crippen molar-refractivity contribution in [3.05, 3.63) is 42.2 Å². The zero-order chi connectivity index (χ0) is 11.1. The van der Waals surface area contributed by atoms with E-state index < -0.39 is 5.97 Å². The first-order chi connectivity index (χ1) is 7.24. The van der Waals surface area contributed by atoms with E-state index in [2.05, 4.69) is 0 Å². The summed E-state index contributed by atoms with van der Waals surface area (Å²) >= 11 is 0. The predicted octanol–water partition coefficient (Wildman–Crippen LogP) is 1.42. The molecule has 0 saturated heterocycles. The molecule has 0 unspecified atom stereocenters. The van der Waals surface area contributed by atoms with Crippen molar-refractivity contribution in [1.82, 2.24) is 0 Å². The van der Waals surface area contributed by atoms with Gasteiger partial charge in [-0.1, -0.05) is 18.2 Å². The average Bonchev–Trinajstić information content (AvgIpc) is 2.25. The molecule has 0 aromatic heterocycles. The maximum atomic E-state index is 10.7. The number of ether oxygens (including phenoxy) is 1. The van der Waals surface area contributed by atoms with Crippen LogP contribution in [0.4, 0.5) is 0 Å². The van der Waals surface area contributed by atoms with Crippen LogP contribution in [-0.4, -0.2) is 22.8 Å². The van der Waals surface area contributed by atoms with Crippen LogP contribution in [0.2, 0.25) is 0 Å². The molecule has 1 aromatic carbocycles. The van der Waals surface area contributed by atoms with E-state index in [-0.39, 0.29) is 18.6 Å². The van der Waals surface area contributed by atoms with E-state index in [0.717, 1.165) is 6.26 Å². The fourth-order valence-electron chi connectivity index (χ4n) is 0.975. The molecule has 0 aliphatic carbocycles. The van der Waals surface area contributed by atoms with Gasteiger partial charge in [-0.05, 0) is 12.1 Å². The van der Waals surface area contributed by atoms with E-state index in [1.807, 2.05) is 6.07 Å². The number of aliphatic hydroxyl groups is 1. The third-order valence-corrected chi connectivity index (χ3v) is 1.74. The molecule has 0 spiro atoms. The fraction of sp³-hybridized carbons (Fsp3) is 0.182. The van der Waals surface area contributed by atoms with Crippen molar-refractivity contribution in [3.63, 3.8) is 0 Å². The van der Waals surface area contributed by atoms with Crippen molar-refractivity contribution in [2.45, 2.75) is 6.42 Å². The topological polar surface area (TPSA) is 66.8 Å². The number of carbonyl (C=O) groups is 1. The number of carboxylic acid groups (broad SMARTS) is 1. The molecule has 2 N–H and O–H groups in total. The zero-order valence-corrected chi connectivity index (χ0v) is 8.09. The zero-order valence-electron chi connectivity index (χ0n) is 8.09. The van der Waals surface area contributed by atoms with Crippen molar-refractivity contribution < 1.29 is 19.7 Å². The SMILES string of the molecule is O=C(O)C(=COc1ccccc1)CCO. The highest BCUT2D eigenvalue weighted by molar-refractivity contribution is 5.86. The Labute approximate surface area is 87.4 Å². The third-order valence-electron chi connectivity index (χ3n) is 1.74. The Bertz CT molecular complexity index is 343. The summed E-state index contributed by atoms with van der Waals surface area (Å²) in [5.41, 5.74) is 0.0429. The van der Waals surface area contributed by atoms with Gasteiger partial charge >= 0.3 is 5.97 Å². The second-order valence-electron chi connectivity index (χ2n) is 2.85. The quantitative estimate of drug-likeness (QED) is 0.567. The van der Waals surface area contributed by atoms with E-state index in [9.17, 15) is 4.79 Å². The molecular formula is C11H12O4. The van der Waals surface area contributed by atoms with Crippen LogP contribution in [0.25, 0.3) is 0 Å². The molecule has 1 aromatic rings. The monoisotopic (exact) mass is 208 g/mol. The Morgan fingerprint density at radius 1 is 1.33 bits per heavy atom. The summed E-state index contributed by atoms with van der Waals surface area (Å²) in [6, 6.07) is 8.84. The van der Waals surface area contributed by atoms with Gasteiger partial charge in [0.25, 0.3) is 0 Å². The lowest BCUT2D eigenvalue weighted by atomic mass is 10.2. The first kappa shape index (κ1) is 11.3. The minimum Gasteiger partial charge on any atom is -0.478 e. The van der Waals surface area contributed by atoms with Crippen LogP contribution in [0, 0.1) is 0 Å². The average molecular weight is 208 g/mol. The van der Waals surface area contributed by atoms with Crippen molar-refractivity contribution in [3.8, 4) is 5.75 Å². The Morgan fingerprint density at radius 2 is 2.00 bits per heavy atom. The van der Waals surface area contributed by atoms with Gasteiger partial charge in [0.2, 0.25) is 0 Å². The number of carboxylic acids is 1. The molecule has 80 valence electrons. The van der Waals surface area contributed by atoms with Crippen molar-refractivity contribution in [1.29, 1.82) is 0 Å². The third kappa shape index (κ3) is 3.83. The predicted molar refractivity (Wildman–Crippen MR) is 54.5 cm³/mol. The Balaban J connectivity index is 2.65. The number of hydrogen-bond donors (Lipinski definition) is 2. The minimum atomic E-state index is -1.08. The van der Waals surface area contributed by atoms with Crippen LogP contribution >= 0.6 is 0 Å². The highest BCUT2D eigenvalue weighted by Crippen LogP contribution is 2.10. The van der Waals surface area contributed by atoms with Gasteiger partial charge in [-0.25, -0.2) is 4.79 Å². The van der Waals surface area contributed by atoms with Crippen molar-refractivity contribution in [2.75, 3.05) is 6.61 Å². The van der Waals surface area contributed by atoms with Gasteiger partial charge in [-0.15, -0.1) is 0 Å². The maximum Gasteiger partial charge on any atom is 0.334 e. The van der Waals surface area contributed by atoms with Gasteiger partial charge in [-0.3, -0.25) is 0 Å². The van der Waals surface area contributed by atoms with Gasteiger partial charge in [0, 0.05) is 13.0 Å². The summed E-state index contributed by atoms with van der Waals surface area (Å²) in [6.45, 7) is -0.212. The van der Waals surface area contributed by atoms with E-state index in [1.54, 1.807) is 24.3 Å². The molecule has 0 radical (unpaired) electrons. The van der Waals surface area contributed by atoms with Crippen LogP contribution in [0.15, 0.2) is 42.2 Å². The van der Waals surface area contributed by atoms with Crippen LogP contribution < -0.4 is 4.74 Å². The molecule has 0 saturated carbocycles. The lowest BCUT2D eigenvalue weighted by Gasteiger charge is -2.02.